The third-order valence-corrected chi connectivity index (χ3v) is 6.54. The molecule has 3 rings (SSSR count). The minimum atomic E-state index is -0.684. The minimum Gasteiger partial charge on any atom is -0.495 e. The molecule has 1 atom stereocenters. The summed E-state index contributed by atoms with van der Waals surface area (Å²) in [6.07, 6.45) is 2.48. The zero-order valence-electron chi connectivity index (χ0n) is 19.3. The van der Waals surface area contributed by atoms with Crippen molar-refractivity contribution in [2.75, 3.05) is 59.1 Å². The summed E-state index contributed by atoms with van der Waals surface area (Å²) in [7, 11) is 2.98. The van der Waals surface area contributed by atoms with Gasteiger partial charge in [-0.15, -0.1) is 0 Å². The van der Waals surface area contributed by atoms with Crippen LogP contribution in [0, 0.1) is 6.92 Å². The highest BCUT2D eigenvalue weighted by molar-refractivity contribution is 7.98. The number of esters is 1. The quantitative estimate of drug-likeness (QED) is 0.542. The maximum absolute atomic E-state index is 13.4. The number of benzene rings is 1. The molecule has 2 aromatic rings. The number of carbonyl (C=O) groups excluding carboxylic acids is 2. The van der Waals surface area contributed by atoms with Gasteiger partial charge in [0.25, 0.3) is 5.91 Å². The van der Waals surface area contributed by atoms with Crippen LogP contribution in [0.4, 0.5) is 0 Å². The summed E-state index contributed by atoms with van der Waals surface area (Å²) in [5.41, 5.74) is 2.31. The van der Waals surface area contributed by atoms with Gasteiger partial charge in [-0.2, -0.15) is 11.8 Å². The second kappa shape index (κ2) is 11.6. The highest BCUT2D eigenvalue weighted by Gasteiger charge is 2.27. The molecule has 8 nitrogen and oxygen atoms in total. The van der Waals surface area contributed by atoms with Gasteiger partial charge in [0.2, 0.25) is 0 Å². The number of methoxy groups -OCH3 is 2. The number of carbonyl (C=O) groups is 2. The Morgan fingerprint density at radius 3 is 2.62 bits per heavy atom. The molecule has 1 aliphatic rings. The van der Waals surface area contributed by atoms with Gasteiger partial charge in [0.05, 0.1) is 38.5 Å². The molecule has 2 heterocycles. The van der Waals surface area contributed by atoms with E-state index in [-0.39, 0.29) is 5.91 Å². The van der Waals surface area contributed by atoms with E-state index in [2.05, 4.69) is 14.8 Å². The molecule has 32 heavy (non-hydrogen) atoms. The normalized spacial score (nSPS) is 15.5. The lowest BCUT2D eigenvalue weighted by Crippen LogP contribution is -2.42. The summed E-state index contributed by atoms with van der Waals surface area (Å²) in [6.45, 7) is 6.82. The first-order chi connectivity index (χ1) is 15.5. The van der Waals surface area contributed by atoms with Crippen molar-refractivity contribution in [1.82, 2.24) is 14.8 Å². The summed E-state index contributed by atoms with van der Waals surface area (Å²) in [6, 6.07) is 5.04. The topological polar surface area (TPSA) is 82.0 Å². The lowest BCUT2D eigenvalue weighted by molar-refractivity contribution is -0.142. The number of hydrogen-bond acceptors (Lipinski definition) is 7. The molecule has 0 bridgehead atoms. The molecule has 1 fully saturated rings. The molecule has 1 unspecified atom stereocenters. The first-order valence-corrected chi connectivity index (χ1v) is 12.2. The van der Waals surface area contributed by atoms with Gasteiger partial charge in [-0.05, 0) is 31.4 Å². The van der Waals surface area contributed by atoms with E-state index in [9.17, 15) is 9.59 Å². The number of thioether (sulfide) groups is 1. The smallest absolute Gasteiger partial charge is 0.328 e. The van der Waals surface area contributed by atoms with Crippen molar-refractivity contribution in [2.45, 2.75) is 25.9 Å². The number of rotatable bonds is 10. The number of ether oxygens (including phenoxy) is 3. The van der Waals surface area contributed by atoms with Crippen LogP contribution in [0.15, 0.2) is 18.2 Å². The highest BCUT2D eigenvalue weighted by Crippen LogP contribution is 2.33. The van der Waals surface area contributed by atoms with Crippen LogP contribution in [0.2, 0.25) is 0 Å². The Bertz CT molecular complexity index is 939. The van der Waals surface area contributed by atoms with Gasteiger partial charge in [-0.1, -0.05) is 12.1 Å². The summed E-state index contributed by atoms with van der Waals surface area (Å²) < 4.78 is 18.1. The predicted octanol–water partition coefficient (Wildman–Crippen LogP) is 2.32. The predicted molar refractivity (Wildman–Crippen MR) is 127 cm³/mol. The fourth-order valence-electron chi connectivity index (χ4n) is 4.15. The van der Waals surface area contributed by atoms with Crippen LogP contribution in [-0.2, 0) is 20.8 Å². The van der Waals surface area contributed by atoms with Crippen molar-refractivity contribution in [3.63, 3.8) is 0 Å². The number of morpholine rings is 1. The number of para-hydroxylation sites is 1. The van der Waals surface area contributed by atoms with Crippen molar-refractivity contribution in [2.24, 2.45) is 0 Å². The minimum absolute atomic E-state index is 0.276. The molecule has 1 aliphatic heterocycles. The van der Waals surface area contributed by atoms with Gasteiger partial charge in [-0.25, -0.2) is 4.79 Å². The Hall–Kier alpha value is -2.23. The molecule has 1 N–H and O–H groups in total. The molecular formula is C23H33N3O5S. The van der Waals surface area contributed by atoms with Crippen LogP contribution in [0.3, 0.4) is 0 Å². The van der Waals surface area contributed by atoms with E-state index in [1.165, 1.54) is 7.11 Å². The fraction of sp³-hybridized carbons (Fsp3) is 0.565. The maximum Gasteiger partial charge on any atom is 0.328 e. The number of amides is 1. The standard InChI is InChI=1S/C23H33N3O5S/c1-16-20(22(27)24-18(8-15-32-4)23(28)30-3)17-6-5-7-19(29-2)21(17)26(16)10-9-25-11-13-31-14-12-25/h5-7,18H,8-15H2,1-4H3,(H,24,27). The first-order valence-electron chi connectivity index (χ1n) is 10.8. The molecule has 176 valence electrons. The van der Waals surface area contributed by atoms with Crippen molar-refractivity contribution in [3.05, 3.63) is 29.5 Å². The fourth-order valence-corrected chi connectivity index (χ4v) is 4.63. The molecule has 0 saturated carbocycles. The molecule has 0 aliphatic carbocycles. The lowest BCUT2D eigenvalue weighted by Gasteiger charge is -2.27. The van der Waals surface area contributed by atoms with Crippen LogP contribution >= 0.6 is 11.8 Å². The SMILES string of the molecule is COC(=O)C(CCSC)NC(=O)c1c(C)n(CCN2CCOCC2)c2c(OC)cccc12. The molecule has 0 radical (unpaired) electrons. The Labute approximate surface area is 193 Å². The second-order valence-electron chi connectivity index (χ2n) is 7.75. The largest absolute Gasteiger partial charge is 0.495 e. The Morgan fingerprint density at radius 2 is 1.97 bits per heavy atom. The zero-order valence-corrected chi connectivity index (χ0v) is 20.1. The third-order valence-electron chi connectivity index (χ3n) is 5.90. The van der Waals surface area contributed by atoms with Gasteiger partial charge in [0.15, 0.2) is 0 Å². The highest BCUT2D eigenvalue weighted by atomic mass is 32.2. The summed E-state index contributed by atoms with van der Waals surface area (Å²) in [5, 5.41) is 3.71. The molecule has 0 spiro atoms. The second-order valence-corrected chi connectivity index (χ2v) is 8.74. The Balaban J connectivity index is 1.94. The number of nitrogens with one attached hydrogen (secondary N) is 1. The van der Waals surface area contributed by atoms with E-state index in [0.29, 0.717) is 12.0 Å². The van der Waals surface area contributed by atoms with Gasteiger partial charge in [0.1, 0.15) is 11.8 Å². The van der Waals surface area contributed by atoms with Crippen molar-refractivity contribution >= 4 is 34.5 Å². The number of aromatic nitrogens is 1. The number of nitrogens with zero attached hydrogens (tertiary/aromatic N) is 2. The van der Waals surface area contributed by atoms with Gasteiger partial charge >= 0.3 is 5.97 Å². The van der Waals surface area contributed by atoms with Crippen LogP contribution in [0.1, 0.15) is 22.5 Å². The Kier molecular flexibility index (Phi) is 8.84. The van der Waals surface area contributed by atoms with Gasteiger partial charge in [0, 0.05) is 37.3 Å². The molecule has 1 saturated heterocycles. The number of hydrogen-bond donors (Lipinski definition) is 1. The van der Waals surface area contributed by atoms with E-state index in [0.717, 1.165) is 67.5 Å². The van der Waals surface area contributed by atoms with E-state index in [4.69, 9.17) is 14.2 Å². The van der Waals surface area contributed by atoms with Crippen LogP contribution < -0.4 is 10.1 Å². The maximum atomic E-state index is 13.4. The molecular weight excluding hydrogens is 430 g/mol. The lowest BCUT2D eigenvalue weighted by atomic mass is 10.1. The molecule has 1 amide bonds. The Morgan fingerprint density at radius 1 is 1.22 bits per heavy atom. The van der Waals surface area contributed by atoms with Crippen LogP contribution in [0.5, 0.6) is 5.75 Å². The van der Waals surface area contributed by atoms with Crippen molar-refractivity contribution in [1.29, 1.82) is 0 Å². The summed E-state index contributed by atoms with van der Waals surface area (Å²) >= 11 is 1.62. The first kappa shape index (κ1) is 24.4. The summed E-state index contributed by atoms with van der Waals surface area (Å²) in [4.78, 5) is 28.0. The zero-order chi connectivity index (χ0) is 23.1. The van der Waals surface area contributed by atoms with E-state index in [1.54, 1.807) is 18.9 Å². The van der Waals surface area contributed by atoms with Crippen molar-refractivity contribution < 1.29 is 23.8 Å². The average Bonchev–Trinajstić information content (AvgIpc) is 3.11. The monoisotopic (exact) mass is 463 g/mol. The van der Waals surface area contributed by atoms with E-state index >= 15 is 0 Å². The van der Waals surface area contributed by atoms with Crippen LogP contribution in [-0.4, -0.2) is 86.5 Å². The molecule has 1 aromatic heterocycles. The molecule has 1 aromatic carbocycles. The van der Waals surface area contributed by atoms with Crippen molar-refractivity contribution in [3.8, 4) is 5.75 Å². The average molecular weight is 464 g/mol. The van der Waals surface area contributed by atoms with E-state index < -0.39 is 12.0 Å². The summed E-state index contributed by atoms with van der Waals surface area (Å²) in [5.74, 6) is 0.758. The molecule has 9 heteroatoms. The number of fused-ring (bicyclic) bond motifs is 1. The van der Waals surface area contributed by atoms with Gasteiger partial charge in [-0.3, -0.25) is 9.69 Å². The van der Waals surface area contributed by atoms with Gasteiger partial charge < -0.3 is 24.1 Å². The van der Waals surface area contributed by atoms with E-state index in [1.807, 2.05) is 31.4 Å². The van der Waals surface area contributed by atoms with Crippen LogP contribution in [0.25, 0.3) is 10.9 Å². The third kappa shape index (κ3) is 5.39.